The molecule has 1 heterocycles. The molecule has 0 bridgehead atoms. The van der Waals surface area contributed by atoms with Gasteiger partial charge in [-0.15, -0.1) is 0 Å². The molecule has 4 atom stereocenters. The van der Waals surface area contributed by atoms with Crippen molar-refractivity contribution in [2.45, 2.75) is 82.7 Å². The molecule has 1 fully saturated rings. The van der Waals surface area contributed by atoms with Gasteiger partial charge >= 0.3 is 0 Å². The molecular weight excluding hydrogens is 296 g/mol. The lowest BCUT2D eigenvalue weighted by Gasteiger charge is -2.23. The van der Waals surface area contributed by atoms with Crippen LogP contribution >= 0.6 is 0 Å². The van der Waals surface area contributed by atoms with Crippen molar-refractivity contribution in [1.29, 1.82) is 0 Å². The molecule has 1 aliphatic rings. The highest BCUT2D eigenvalue weighted by Gasteiger charge is 2.40. The van der Waals surface area contributed by atoms with E-state index in [1.54, 1.807) is 0 Å². The van der Waals surface area contributed by atoms with Crippen LogP contribution in [0.5, 0.6) is 0 Å². The van der Waals surface area contributed by atoms with E-state index in [1.807, 2.05) is 6.08 Å². The Balaban J connectivity index is 2.04. The molecule has 1 saturated heterocycles. The van der Waals surface area contributed by atoms with Crippen molar-refractivity contribution in [3.8, 4) is 0 Å². The molecule has 0 spiro atoms. The second-order valence-corrected chi connectivity index (χ2v) is 6.29. The Morgan fingerprint density at radius 2 is 1.78 bits per heavy atom. The third-order valence-electron chi connectivity index (χ3n) is 4.28. The van der Waals surface area contributed by atoms with E-state index in [0.29, 0.717) is 6.61 Å². The van der Waals surface area contributed by atoms with Crippen LogP contribution < -0.4 is 0 Å². The van der Waals surface area contributed by atoms with E-state index in [-0.39, 0.29) is 13.2 Å². The van der Waals surface area contributed by atoms with Gasteiger partial charge in [0.25, 0.3) is 0 Å². The predicted octanol–water partition coefficient (Wildman–Crippen LogP) is 2.18. The molecule has 0 aromatic rings. The summed E-state index contributed by atoms with van der Waals surface area (Å²) in [6.07, 6.45) is 11.0. The van der Waals surface area contributed by atoms with Crippen molar-refractivity contribution in [3.05, 3.63) is 12.2 Å². The standard InChI is InChI=1S/C18H34O5/c1-2-3-4-5-6-7-8-9-10-11-12-22-16(13-19)18-17(21)15(20)14-23-18/h10-11,15-21H,2-9,12-14H2,1H3/b11-10+/t15-,16+,17-,18-/m0/s1. The minimum absolute atomic E-state index is 0.0831. The van der Waals surface area contributed by atoms with E-state index in [2.05, 4.69) is 13.0 Å². The van der Waals surface area contributed by atoms with Gasteiger partial charge in [-0.3, -0.25) is 0 Å². The molecule has 136 valence electrons. The number of hydrogen-bond donors (Lipinski definition) is 3. The van der Waals surface area contributed by atoms with Crippen LogP contribution in [0.1, 0.15) is 58.3 Å². The first-order chi connectivity index (χ1) is 11.2. The molecule has 0 amide bonds. The van der Waals surface area contributed by atoms with Crippen LogP contribution in [-0.4, -0.2) is 59.6 Å². The van der Waals surface area contributed by atoms with E-state index in [4.69, 9.17) is 9.47 Å². The number of aliphatic hydroxyl groups is 3. The number of aliphatic hydroxyl groups excluding tert-OH is 3. The molecular formula is C18H34O5. The van der Waals surface area contributed by atoms with E-state index in [9.17, 15) is 15.3 Å². The summed E-state index contributed by atoms with van der Waals surface area (Å²) >= 11 is 0. The van der Waals surface area contributed by atoms with Gasteiger partial charge in [-0.25, -0.2) is 0 Å². The maximum atomic E-state index is 9.75. The highest BCUT2D eigenvalue weighted by molar-refractivity contribution is 4.89. The summed E-state index contributed by atoms with van der Waals surface area (Å²) in [5.74, 6) is 0. The molecule has 3 N–H and O–H groups in total. The van der Waals surface area contributed by atoms with E-state index >= 15 is 0 Å². The Labute approximate surface area is 140 Å². The number of ether oxygens (including phenoxy) is 2. The van der Waals surface area contributed by atoms with Crippen LogP contribution in [0.25, 0.3) is 0 Å². The molecule has 23 heavy (non-hydrogen) atoms. The fraction of sp³-hybridized carbons (Fsp3) is 0.889. The van der Waals surface area contributed by atoms with Crippen LogP contribution in [0.3, 0.4) is 0 Å². The Morgan fingerprint density at radius 3 is 2.39 bits per heavy atom. The minimum Gasteiger partial charge on any atom is -0.394 e. The summed E-state index contributed by atoms with van der Waals surface area (Å²) in [5, 5.41) is 28.5. The van der Waals surface area contributed by atoms with Crippen LogP contribution in [0.15, 0.2) is 12.2 Å². The van der Waals surface area contributed by atoms with Gasteiger partial charge in [0, 0.05) is 0 Å². The largest absolute Gasteiger partial charge is 0.394 e. The van der Waals surface area contributed by atoms with Crippen molar-refractivity contribution in [1.82, 2.24) is 0 Å². The monoisotopic (exact) mass is 330 g/mol. The topological polar surface area (TPSA) is 79.2 Å². The summed E-state index contributed by atoms with van der Waals surface area (Å²) in [6, 6.07) is 0. The highest BCUT2D eigenvalue weighted by atomic mass is 16.6. The zero-order valence-electron chi connectivity index (χ0n) is 14.4. The van der Waals surface area contributed by atoms with Crippen molar-refractivity contribution in [2.75, 3.05) is 19.8 Å². The third-order valence-corrected chi connectivity index (χ3v) is 4.28. The molecule has 0 aromatic heterocycles. The lowest BCUT2D eigenvalue weighted by atomic mass is 10.1. The summed E-state index contributed by atoms with van der Waals surface area (Å²) in [4.78, 5) is 0. The molecule has 0 radical (unpaired) electrons. The number of rotatable bonds is 13. The van der Waals surface area contributed by atoms with Crippen LogP contribution in [0.2, 0.25) is 0 Å². The van der Waals surface area contributed by atoms with Crippen molar-refractivity contribution in [3.63, 3.8) is 0 Å². The van der Waals surface area contributed by atoms with Crippen molar-refractivity contribution in [2.24, 2.45) is 0 Å². The van der Waals surface area contributed by atoms with Crippen molar-refractivity contribution < 1.29 is 24.8 Å². The molecule has 0 aromatic carbocycles. The van der Waals surface area contributed by atoms with Gasteiger partial charge in [0.1, 0.15) is 24.4 Å². The zero-order chi connectivity index (χ0) is 16.9. The van der Waals surface area contributed by atoms with Gasteiger partial charge in [0.2, 0.25) is 0 Å². The van der Waals surface area contributed by atoms with Crippen molar-refractivity contribution >= 4 is 0 Å². The molecule has 5 nitrogen and oxygen atoms in total. The zero-order valence-corrected chi connectivity index (χ0v) is 14.4. The fourth-order valence-corrected chi connectivity index (χ4v) is 2.79. The maximum Gasteiger partial charge on any atom is 0.114 e. The molecule has 0 unspecified atom stereocenters. The van der Waals surface area contributed by atoms with Gasteiger partial charge in [-0.05, 0) is 12.8 Å². The molecule has 1 aliphatic heterocycles. The van der Waals surface area contributed by atoms with E-state index in [0.717, 1.165) is 6.42 Å². The fourth-order valence-electron chi connectivity index (χ4n) is 2.79. The van der Waals surface area contributed by atoms with Gasteiger partial charge in [-0.1, -0.05) is 57.6 Å². The SMILES string of the molecule is CCCCCCCCC/C=C/CO[C@H](CO)[C@@H]1OC[C@H](O)[C@@H]1O. The number of unbranched alkanes of at least 4 members (excludes halogenated alkanes) is 7. The second-order valence-electron chi connectivity index (χ2n) is 6.29. The Kier molecular flexibility index (Phi) is 11.5. The number of hydrogen-bond acceptors (Lipinski definition) is 5. The average molecular weight is 330 g/mol. The summed E-state index contributed by atoms with van der Waals surface area (Å²) in [6.45, 7) is 2.46. The maximum absolute atomic E-state index is 9.75. The van der Waals surface area contributed by atoms with Gasteiger partial charge < -0.3 is 24.8 Å². The van der Waals surface area contributed by atoms with E-state index < -0.39 is 24.4 Å². The predicted molar refractivity (Wildman–Crippen MR) is 90.3 cm³/mol. The first kappa shape index (κ1) is 20.6. The third kappa shape index (κ3) is 8.27. The minimum atomic E-state index is -0.996. The smallest absolute Gasteiger partial charge is 0.114 e. The van der Waals surface area contributed by atoms with Gasteiger partial charge in [-0.2, -0.15) is 0 Å². The van der Waals surface area contributed by atoms with Crippen LogP contribution in [0, 0.1) is 0 Å². The van der Waals surface area contributed by atoms with Gasteiger partial charge in [0.05, 0.1) is 19.8 Å². The lowest BCUT2D eigenvalue weighted by Crippen LogP contribution is -2.42. The Bertz CT molecular complexity index is 308. The number of allylic oxidation sites excluding steroid dienone is 1. The highest BCUT2D eigenvalue weighted by Crippen LogP contribution is 2.19. The average Bonchev–Trinajstić information content (AvgIpc) is 2.88. The molecule has 0 saturated carbocycles. The van der Waals surface area contributed by atoms with E-state index in [1.165, 1.54) is 44.9 Å². The first-order valence-corrected chi connectivity index (χ1v) is 9.05. The summed E-state index contributed by atoms with van der Waals surface area (Å²) in [7, 11) is 0. The molecule has 1 rings (SSSR count). The summed E-state index contributed by atoms with van der Waals surface area (Å²) < 4.78 is 10.8. The van der Waals surface area contributed by atoms with Crippen LogP contribution in [0.4, 0.5) is 0 Å². The molecule has 5 heteroatoms. The van der Waals surface area contributed by atoms with Gasteiger partial charge in [0.15, 0.2) is 0 Å². The lowest BCUT2D eigenvalue weighted by molar-refractivity contribution is -0.0942. The quantitative estimate of drug-likeness (QED) is 0.356. The first-order valence-electron chi connectivity index (χ1n) is 9.05. The molecule has 0 aliphatic carbocycles. The Morgan fingerprint density at radius 1 is 1.09 bits per heavy atom. The normalized spacial score (nSPS) is 26.2. The summed E-state index contributed by atoms with van der Waals surface area (Å²) in [5.41, 5.74) is 0. The van der Waals surface area contributed by atoms with Crippen LogP contribution in [-0.2, 0) is 9.47 Å². The Hall–Kier alpha value is -0.460. The second kappa shape index (κ2) is 12.9.